The molecule has 0 fully saturated rings. The van der Waals surface area contributed by atoms with Gasteiger partial charge in [-0.25, -0.2) is 4.79 Å². The van der Waals surface area contributed by atoms with Crippen molar-refractivity contribution in [3.63, 3.8) is 0 Å². The Morgan fingerprint density at radius 3 is 2.31 bits per heavy atom. The minimum atomic E-state index is -0.978. The predicted octanol–water partition coefficient (Wildman–Crippen LogP) is 7.05. The van der Waals surface area contributed by atoms with E-state index in [1.807, 2.05) is 78.9 Å². The maximum atomic E-state index is 10.7. The van der Waals surface area contributed by atoms with Gasteiger partial charge in [0.25, 0.3) is 0 Å². The molecule has 0 aliphatic carbocycles. The second-order valence-electron chi connectivity index (χ2n) is 6.51. The van der Waals surface area contributed by atoms with Gasteiger partial charge >= 0.3 is 5.97 Å². The smallest absolute Gasteiger partial charge is 0.328 e. The van der Waals surface area contributed by atoms with E-state index in [0.29, 0.717) is 10.8 Å². The average Bonchev–Trinajstić information content (AvgIpc) is 2.74. The number of halogens is 1. The number of hydrogen-bond donors (Lipinski definition) is 1. The van der Waals surface area contributed by atoms with E-state index in [4.69, 9.17) is 21.4 Å². The highest BCUT2D eigenvalue weighted by Crippen LogP contribution is 2.39. The molecule has 1 N–H and O–H groups in total. The summed E-state index contributed by atoms with van der Waals surface area (Å²) >= 11 is 6.05. The third kappa shape index (κ3) is 4.31. The summed E-state index contributed by atoms with van der Waals surface area (Å²) in [7, 11) is 0. The van der Waals surface area contributed by atoms with E-state index in [1.165, 1.54) is 0 Å². The van der Waals surface area contributed by atoms with E-state index in [9.17, 15) is 4.79 Å². The van der Waals surface area contributed by atoms with Crippen LogP contribution in [0, 0.1) is 0 Å². The lowest BCUT2D eigenvalue weighted by molar-refractivity contribution is -0.131. The van der Waals surface area contributed by atoms with Crippen molar-refractivity contribution < 1.29 is 14.6 Å². The molecule has 0 radical (unpaired) electrons. The Hall–Kier alpha value is -3.56. The number of aliphatic carboxylic acids is 1. The average molecular weight is 401 g/mol. The van der Waals surface area contributed by atoms with Crippen LogP contribution in [0.4, 0.5) is 0 Å². The first-order valence-corrected chi connectivity index (χ1v) is 9.44. The van der Waals surface area contributed by atoms with Crippen LogP contribution in [0.15, 0.2) is 91.0 Å². The first-order chi connectivity index (χ1) is 14.1. The molecule has 0 aliphatic rings. The predicted molar refractivity (Wildman–Crippen MR) is 118 cm³/mol. The third-order valence-corrected chi connectivity index (χ3v) is 4.81. The van der Waals surface area contributed by atoms with E-state index < -0.39 is 5.97 Å². The number of rotatable bonds is 5. The van der Waals surface area contributed by atoms with Gasteiger partial charge in [-0.05, 0) is 52.9 Å². The normalized spacial score (nSPS) is 11.1. The van der Waals surface area contributed by atoms with Gasteiger partial charge in [0.1, 0.15) is 11.5 Å². The Morgan fingerprint density at radius 2 is 1.59 bits per heavy atom. The first kappa shape index (κ1) is 18.8. The monoisotopic (exact) mass is 400 g/mol. The van der Waals surface area contributed by atoms with Crippen LogP contribution < -0.4 is 4.74 Å². The van der Waals surface area contributed by atoms with Gasteiger partial charge < -0.3 is 9.84 Å². The van der Waals surface area contributed by atoms with Crippen LogP contribution in [-0.4, -0.2) is 11.1 Å². The van der Waals surface area contributed by atoms with E-state index in [0.717, 1.165) is 39.3 Å². The highest BCUT2D eigenvalue weighted by molar-refractivity contribution is 6.30. The fourth-order valence-corrected chi connectivity index (χ4v) is 3.27. The number of ether oxygens (including phenoxy) is 1. The standard InChI is InChI=1S/C25H17ClO3/c26-20-11-8-19(9-12-20)23-15-10-18-3-1-2-4-22(18)25(23)29-21-13-5-17(6-14-21)7-16-24(27)28/h1-16H,(H,27,28)/b16-7+. The zero-order valence-corrected chi connectivity index (χ0v) is 16.1. The molecule has 4 heteroatoms. The first-order valence-electron chi connectivity index (χ1n) is 9.07. The highest BCUT2D eigenvalue weighted by Gasteiger charge is 2.12. The molecule has 0 heterocycles. The Balaban J connectivity index is 1.76. The molecule has 0 spiro atoms. The number of carboxylic acid groups (broad SMARTS) is 1. The van der Waals surface area contributed by atoms with Crippen LogP contribution in [-0.2, 0) is 4.79 Å². The molecule has 4 rings (SSSR count). The molecule has 0 atom stereocenters. The SMILES string of the molecule is O=C(O)/C=C/c1ccc(Oc2c(-c3ccc(Cl)cc3)ccc3ccccc23)cc1. The molecule has 0 amide bonds. The van der Waals surface area contributed by atoms with Crippen LogP contribution in [0.2, 0.25) is 5.02 Å². The van der Waals surface area contributed by atoms with Crippen molar-refractivity contribution in [2.24, 2.45) is 0 Å². The van der Waals surface area contributed by atoms with E-state index in [1.54, 1.807) is 6.08 Å². The maximum Gasteiger partial charge on any atom is 0.328 e. The lowest BCUT2D eigenvalue weighted by Crippen LogP contribution is -1.91. The fraction of sp³-hybridized carbons (Fsp3) is 0. The topological polar surface area (TPSA) is 46.5 Å². The minimum absolute atomic E-state index is 0.670. The van der Waals surface area contributed by atoms with Gasteiger partial charge in [-0.2, -0.15) is 0 Å². The lowest BCUT2D eigenvalue weighted by Gasteiger charge is -2.15. The maximum absolute atomic E-state index is 10.7. The summed E-state index contributed by atoms with van der Waals surface area (Å²) in [6.07, 6.45) is 2.66. The highest BCUT2D eigenvalue weighted by atomic mass is 35.5. The van der Waals surface area contributed by atoms with Crippen LogP contribution in [0.5, 0.6) is 11.5 Å². The van der Waals surface area contributed by atoms with Crippen LogP contribution in [0.1, 0.15) is 5.56 Å². The van der Waals surface area contributed by atoms with Crippen LogP contribution in [0.3, 0.4) is 0 Å². The second kappa shape index (κ2) is 8.21. The van der Waals surface area contributed by atoms with Crippen molar-refractivity contribution in [1.82, 2.24) is 0 Å². The largest absolute Gasteiger partial charge is 0.478 e. The lowest BCUT2D eigenvalue weighted by atomic mass is 9.99. The molecular formula is C25H17ClO3. The summed E-state index contributed by atoms with van der Waals surface area (Å²) in [5.41, 5.74) is 2.77. The molecule has 142 valence electrons. The molecular weight excluding hydrogens is 384 g/mol. The number of benzene rings is 4. The molecule has 0 saturated heterocycles. The zero-order valence-electron chi connectivity index (χ0n) is 15.4. The zero-order chi connectivity index (χ0) is 20.2. The van der Waals surface area contributed by atoms with Crippen molar-refractivity contribution in [3.8, 4) is 22.6 Å². The second-order valence-corrected chi connectivity index (χ2v) is 6.95. The molecule has 0 aliphatic heterocycles. The van der Waals surface area contributed by atoms with Gasteiger partial charge in [0, 0.05) is 22.0 Å². The Kier molecular flexibility index (Phi) is 5.32. The summed E-state index contributed by atoms with van der Waals surface area (Å²) in [4.78, 5) is 10.7. The Morgan fingerprint density at radius 1 is 0.862 bits per heavy atom. The van der Waals surface area contributed by atoms with Crippen LogP contribution >= 0.6 is 11.6 Å². The summed E-state index contributed by atoms with van der Waals surface area (Å²) in [6, 6.07) is 27.2. The number of carbonyl (C=O) groups is 1. The quantitative estimate of drug-likeness (QED) is 0.365. The molecule has 0 aromatic heterocycles. The molecule has 0 saturated carbocycles. The molecule has 0 unspecified atom stereocenters. The van der Waals surface area contributed by atoms with Crippen molar-refractivity contribution in [1.29, 1.82) is 0 Å². The van der Waals surface area contributed by atoms with E-state index in [-0.39, 0.29) is 0 Å². The summed E-state index contributed by atoms with van der Waals surface area (Å²) in [6.45, 7) is 0. The van der Waals surface area contributed by atoms with Gasteiger partial charge in [-0.1, -0.05) is 66.2 Å². The number of hydrogen-bond acceptors (Lipinski definition) is 2. The number of carboxylic acids is 1. The van der Waals surface area contributed by atoms with Crippen molar-refractivity contribution in [2.75, 3.05) is 0 Å². The van der Waals surface area contributed by atoms with E-state index >= 15 is 0 Å². The fourth-order valence-electron chi connectivity index (χ4n) is 3.14. The van der Waals surface area contributed by atoms with Crippen molar-refractivity contribution in [3.05, 3.63) is 102 Å². The molecule has 3 nitrogen and oxygen atoms in total. The van der Waals surface area contributed by atoms with Gasteiger partial charge in [0.15, 0.2) is 0 Å². The summed E-state index contributed by atoms with van der Waals surface area (Å²) < 4.78 is 6.31. The Bertz CT molecular complexity index is 1190. The molecule has 4 aromatic rings. The molecule has 0 bridgehead atoms. The minimum Gasteiger partial charge on any atom is -0.478 e. The van der Waals surface area contributed by atoms with E-state index in [2.05, 4.69) is 6.07 Å². The van der Waals surface area contributed by atoms with Gasteiger partial charge in [-0.15, -0.1) is 0 Å². The third-order valence-electron chi connectivity index (χ3n) is 4.55. The molecule has 29 heavy (non-hydrogen) atoms. The van der Waals surface area contributed by atoms with Gasteiger partial charge in [0.05, 0.1) is 0 Å². The van der Waals surface area contributed by atoms with Crippen molar-refractivity contribution >= 4 is 34.4 Å². The van der Waals surface area contributed by atoms with Gasteiger partial charge in [-0.3, -0.25) is 0 Å². The Labute approximate surface area is 173 Å². The van der Waals surface area contributed by atoms with Crippen LogP contribution in [0.25, 0.3) is 28.0 Å². The van der Waals surface area contributed by atoms with Gasteiger partial charge in [0.2, 0.25) is 0 Å². The summed E-state index contributed by atoms with van der Waals surface area (Å²) in [5, 5.41) is 11.5. The number of fused-ring (bicyclic) bond motifs is 1. The summed E-state index contributed by atoms with van der Waals surface area (Å²) in [5.74, 6) is 0.456. The van der Waals surface area contributed by atoms with Crippen molar-refractivity contribution in [2.45, 2.75) is 0 Å². The molecule has 4 aromatic carbocycles.